The van der Waals surface area contributed by atoms with E-state index in [1.165, 1.54) is 12.1 Å². The molecule has 2 heterocycles. The van der Waals surface area contributed by atoms with E-state index in [2.05, 4.69) is 50.8 Å². The maximum absolute atomic E-state index is 12.1. The van der Waals surface area contributed by atoms with Gasteiger partial charge < -0.3 is 4.90 Å². The van der Waals surface area contributed by atoms with E-state index in [9.17, 15) is 25.9 Å². The second kappa shape index (κ2) is 11.9. The monoisotopic (exact) mass is 730 g/mol. The second-order valence-corrected chi connectivity index (χ2v) is 17.7. The van der Waals surface area contributed by atoms with Crippen LogP contribution in [0.15, 0.2) is 110 Å². The van der Waals surface area contributed by atoms with Crippen LogP contribution in [0, 0.1) is 0 Å². The average molecular weight is 731 g/mol. The van der Waals surface area contributed by atoms with Gasteiger partial charge in [-0.25, -0.2) is 0 Å². The molecule has 2 N–H and O–H groups in total. The minimum Gasteiger partial charge on any atom is -0.367 e. The molecule has 7 rings (SSSR count). The van der Waals surface area contributed by atoms with Crippen molar-refractivity contribution in [2.75, 3.05) is 11.9 Å². The average Bonchev–Trinajstić information content (AvgIpc) is 3.42. The standard InChI is InChI=1S/C39H39ClN2O6S2/c1-38(2)33(41-29-19-17-25-27(35(29)38)11-7-13-31(25)49(43,44)45)21-15-23-9-6-10-24(37(23)40)16-22-34-39(3,4)36-28-12-8-14-32(50(46,47)48)26(28)18-20-30(36)42(34)5/h7-8,11-20,22,34H,6,9-10,21H2,1-5H3,(H,43,44,45)(H,46,47,48)/b22-16+,23-15?. The minimum absolute atomic E-state index is 0.0351. The van der Waals surface area contributed by atoms with Crippen LogP contribution in [0.2, 0.25) is 0 Å². The predicted octanol–water partition coefficient (Wildman–Crippen LogP) is 9.20. The van der Waals surface area contributed by atoms with Crippen molar-refractivity contribution >= 4 is 70.5 Å². The summed E-state index contributed by atoms with van der Waals surface area (Å²) in [7, 11) is -6.73. The van der Waals surface area contributed by atoms with Gasteiger partial charge in [0, 0.05) is 51.5 Å². The number of benzene rings is 4. The van der Waals surface area contributed by atoms with Crippen molar-refractivity contribution in [2.24, 2.45) is 4.99 Å². The van der Waals surface area contributed by atoms with E-state index in [1.54, 1.807) is 24.3 Å². The number of aliphatic imine (C=N–C) groups is 1. The van der Waals surface area contributed by atoms with Gasteiger partial charge in [-0.05, 0) is 76.6 Å². The number of anilines is 1. The van der Waals surface area contributed by atoms with E-state index < -0.39 is 25.7 Å². The molecule has 3 aliphatic rings. The normalized spacial score (nSPS) is 21.0. The number of rotatable bonds is 6. The molecule has 0 aromatic heterocycles. The van der Waals surface area contributed by atoms with Crippen molar-refractivity contribution in [1.29, 1.82) is 0 Å². The highest BCUT2D eigenvalue weighted by molar-refractivity contribution is 7.86. The molecule has 0 radical (unpaired) electrons. The van der Waals surface area contributed by atoms with Gasteiger partial charge in [0.2, 0.25) is 0 Å². The molecule has 0 amide bonds. The van der Waals surface area contributed by atoms with Crippen molar-refractivity contribution in [3.8, 4) is 0 Å². The molecule has 4 aromatic rings. The van der Waals surface area contributed by atoms with Crippen LogP contribution in [-0.2, 0) is 31.1 Å². The Bertz CT molecular complexity index is 2480. The summed E-state index contributed by atoms with van der Waals surface area (Å²) in [4.78, 5) is 6.99. The SMILES string of the molecule is CN1c2ccc3c(S(=O)(=O)O)cccc3c2C(C)(C)C1/C=C/C1=C(Cl)C(=CCC2=Nc3ccc4c(S(=O)(=O)O)cccc4c3C2(C)C)CCC1. The lowest BCUT2D eigenvalue weighted by molar-refractivity contribution is 0.482. The second-order valence-electron chi connectivity index (χ2n) is 14.5. The lowest BCUT2D eigenvalue weighted by Gasteiger charge is -2.30. The number of nitrogens with zero attached hydrogens (tertiary/aromatic N) is 2. The number of halogens is 1. The van der Waals surface area contributed by atoms with Gasteiger partial charge in [0.15, 0.2) is 0 Å². The Balaban J connectivity index is 1.17. The van der Waals surface area contributed by atoms with Crippen LogP contribution < -0.4 is 4.90 Å². The third kappa shape index (κ3) is 5.52. The van der Waals surface area contributed by atoms with Gasteiger partial charge in [-0.2, -0.15) is 16.8 Å². The topological polar surface area (TPSA) is 124 Å². The molecule has 1 atom stereocenters. The molecule has 0 fully saturated rings. The smallest absolute Gasteiger partial charge is 0.295 e. The highest BCUT2D eigenvalue weighted by Crippen LogP contribution is 2.50. The molecule has 50 heavy (non-hydrogen) atoms. The van der Waals surface area contributed by atoms with E-state index in [4.69, 9.17) is 16.6 Å². The minimum atomic E-state index is -4.39. The maximum atomic E-state index is 12.1. The first-order valence-corrected chi connectivity index (χ1v) is 19.8. The molecule has 0 saturated heterocycles. The summed E-state index contributed by atoms with van der Waals surface area (Å²) < 4.78 is 68.2. The summed E-state index contributed by atoms with van der Waals surface area (Å²) in [5.74, 6) is 0. The Labute approximate surface area is 298 Å². The Hall–Kier alpha value is -3.80. The lowest BCUT2D eigenvalue weighted by Crippen LogP contribution is -2.37. The van der Waals surface area contributed by atoms with E-state index in [0.717, 1.165) is 74.4 Å². The fourth-order valence-electron chi connectivity index (χ4n) is 8.36. The number of hydrogen-bond donors (Lipinski definition) is 2. The van der Waals surface area contributed by atoms with Gasteiger partial charge in [-0.3, -0.25) is 14.1 Å². The number of allylic oxidation sites excluding steroid dienone is 5. The van der Waals surface area contributed by atoms with Crippen LogP contribution in [0.3, 0.4) is 0 Å². The first-order chi connectivity index (χ1) is 23.4. The van der Waals surface area contributed by atoms with Gasteiger partial charge in [0.1, 0.15) is 9.79 Å². The van der Waals surface area contributed by atoms with Gasteiger partial charge in [-0.15, -0.1) is 0 Å². The van der Waals surface area contributed by atoms with Crippen molar-refractivity contribution in [3.05, 3.63) is 106 Å². The van der Waals surface area contributed by atoms with Crippen LogP contribution in [0.4, 0.5) is 11.4 Å². The van der Waals surface area contributed by atoms with E-state index in [1.807, 2.05) is 31.3 Å². The largest absolute Gasteiger partial charge is 0.367 e. The highest BCUT2D eigenvalue weighted by atomic mass is 35.5. The Morgan fingerprint density at radius 1 is 0.840 bits per heavy atom. The fraction of sp³-hybridized carbons (Fsp3) is 0.308. The molecule has 8 nitrogen and oxygen atoms in total. The molecular formula is C39H39ClN2O6S2. The molecule has 11 heteroatoms. The van der Waals surface area contributed by atoms with Gasteiger partial charge >= 0.3 is 0 Å². The molecule has 4 aromatic carbocycles. The maximum Gasteiger partial charge on any atom is 0.295 e. The molecule has 1 unspecified atom stereocenters. The Morgan fingerprint density at radius 2 is 1.44 bits per heavy atom. The first-order valence-electron chi connectivity index (χ1n) is 16.6. The van der Waals surface area contributed by atoms with Gasteiger partial charge in [0.25, 0.3) is 20.2 Å². The zero-order valence-corrected chi connectivity index (χ0v) is 30.9. The molecule has 2 aliphatic heterocycles. The quantitative estimate of drug-likeness (QED) is 0.190. The molecular weight excluding hydrogens is 692 g/mol. The molecule has 0 saturated carbocycles. The molecule has 260 valence electrons. The zero-order chi connectivity index (χ0) is 36.0. The van der Waals surface area contributed by atoms with Crippen molar-refractivity contribution in [1.82, 2.24) is 0 Å². The number of likely N-dealkylation sites (N-methyl/N-ethyl adjacent to an activating group) is 1. The summed E-state index contributed by atoms with van der Waals surface area (Å²) in [6.07, 6.45) is 9.70. The summed E-state index contributed by atoms with van der Waals surface area (Å²) in [5.41, 5.74) is 6.00. The fourth-order valence-corrected chi connectivity index (χ4v) is 10.1. The number of fused-ring (bicyclic) bond motifs is 6. The van der Waals surface area contributed by atoms with Crippen LogP contribution in [0.1, 0.15) is 64.5 Å². The van der Waals surface area contributed by atoms with Gasteiger partial charge in [0.05, 0.1) is 11.7 Å². The van der Waals surface area contributed by atoms with Crippen LogP contribution in [0.5, 0.6) is 0 Å². The van der Waals surface area contributed by atoms with Gasteiger partial charge in [-0.1, -0.05) is 93.9 Å². The predicted molar refractivity (Wildman–Crippen MR) is 201 cm³/mol. The van der Waals surface area contributed by atoms with Crippen molar-refractivity contribution in [3.63, 3.8) is 0 Å². The summed E-state index contributed by atoms with van der Waals surface area (Å²) in [5, 5.41) is 3.27. The Morgan fingerprint density at radius 3 is 2.06 bits per heavy atom. The zero-order valence-electron chi connectivity index (χ0n) is 28.5. The number of hydrogen-bond acceptors (Lipinski definition) is 6. The van der Waals surface area contributed by atoms with Crippen molar-refractivity contribution < 1.29 is 25.9 Å². The Kier molecular flexibility index (Phi) is 8.23. The van der Waals surface area contributed by atoms with Crippen LogP contribution >= 0.6 is 11.6 Å². The summed E-state index contributed by atoms with van der Waals surface area (Å²) >= 11 is 7.10. The third-order valence-electron chi connectivity index (χ3n) is 10.8. The van der Waals surface area contributed by atoms with Crippen LogP contribution in [0.25, 0.3) is 21.5 Å². The summed E-state index contributed by atoms with van der Waals surface area (Å²) in [6.45, 7) is 8.49. The molecule has 0 bridgehead atoms. The molecule has 1 aliphatic carbocycles. The first kappa shape index (κ1) is 34.6. The van der Waals surface area contributed by atoms with E-state index >= 15 is 0 Å². The van der Waals surface area contributed by atoms with Crippen LogP contribution in [-0.4, -0.2) is 44.7 Å². The third-order valence-corrected chi connectivity index (χ3v) is 13.1. The van der Waals surface area contributed by atoms with Crippen molar-refractivity contribution in [2.45, 2.75) is 80.0 Å². The lowest BCUT2D eigenvalue weighted by atomic mass is 9.77. The van der Waals surface area contributed by atoms with E-state index in [0.29, 0.717) is 17.2 Å². The molecule has 0 spiro atoms. The summed E-state index contributed by atoms with van der Waals surface area (Å²) in [6, 6.07) is 17.1. The van der Waals surface area contributed by atoms with E-state index in [-0.39, 0.29) is 21.2 Å². The highest BCUT2D eigenvalue weighted by Gasteiger charge is 2.43.